The molecule has 3 aliphatic heterocycles. The minimum absolute atomic E-state index is 0.0722. The lowest BCUT2D eigenvalue weighted by Gasteiger charge is -2.34. The Morgan fingerprint density at radius 1 is 1.45 bits per heavy atom. The van der Waals surface area contributed by atoms with Crippen LogP contribution in [-0.4, -0.2) is 69.5 Å². The SMILES string of the molecule is CC1=CN2C(=NC3C2C(=O)NC(=O)N3C)N1CCCC(=O)O. The molecule has 0 saturated carbocycles. The minimum atomic E-state index is -0.843. The number of urea groups is 1. The predicted molar refractivity (Wildman–Crippen MR) is 75.5 cm³/mol. The molecule has 9 heteroatoms. The van der Waals surface area contributed by atoms with Gasteiger partial charge in [0.1, 0.15) is 0 Å². The maximum atomic E-state index is 12.1. The van der Waals surface area contributed by atoms with Crippen LogP contribution < -0.4 is 5.32 Å². The smallest absolute Gasteiger partial charge is 0.325 e. The van der Waals surface area contributed by atoms with Crippen LogP contribution in [0.5, 0.6) is 0 Å². The largest absolute Gasteiger partial charge is 0.481 e. The van der Waals surface area contributed by atoms with Crippen molar-refractivity contribution in [1.82, 2.24) is 20.0 Å². The molecule has 1 fully saturated rings. The average molecular weight is 307 g/mol. The normalized spacial score (nSPS) is 26.5. The van der Waals surface area contributed by atoms with Crippen molar-refractivity contribution in [3.05, 3.63) is 11.9 Å². The van der Waals surface area contributed by atoms with Crippen molar-refractivity contribution in [3.63, 3.8) is 0 Å². The van der Waals surface area contributed by atoms with Crippen molar-refractivity contribution >= 4 is 23.9 Å². The van der Waals surface area contributed by atoms with E-state index in [1.165, 1.54) is 4.90 Å². The molecule has 0 bridgehead atoms. The topological polar surface area (TPSA) is 106 Å². The van der Waals surface area contributed by atoms with Crippen molar-refractivity contribution in [2.75, 3.05) is 13.6 Å². The summed E-state index contributed by atoms with van der Waals surface area (Å²) in [4.78, 5) is 43.9. The zero-order valence-electron chi connectivity index (χ0n) is 12.3. The Morgan fingerprint density at radius 2 is 2.18 bits per heavy atom. The van der Waals surface area contributed by atoms with E-state index in [1.54, 1.807) is 11.9 Å². The number of rotatable bonds is 4. The van der Waals surface area contributed by atoms with Gasteiger partial charge in [0.2, 0.25) is 5.96 Å². The van der Waals surface area contributed by atoms with Crippen molar-refractivity contribution in [1.29, 1.82) is 0 Å². The number of allylic oxidation sites excluding steroid dienone is 1. The van der Waals surface area contributed by atoms with Crippen LogP contribution >= 0.6 is 0 Å². The Hall–Kier alpha value is -2.58. The molecular formula is C13H17N5O4. The lowest BCUT2D eigenvalue weighted by Crippen LogP contribution is -2.62. The Balaban J connectivity index is 1.81. The lowest BCUT2D eigenvalue weighted by molar-refractivity contribution is -0.137. The molecule has 3 aliphatic rings. The van der Waals surface area contributed by atoms with Gasteiger partial charge in [-0.1, -0.05) is 0 Å². The van der Waals surface area contributed by atoms with E-state index >= 15 is 0 Å². The number of nitrogens with one attached hydrogen (secondary N) is 1. The second-order valence-corrected chi connectivity index (χ2v) is 5.52. The summed E-state index contributed by atoms with van der Waals surface area (Å²) in [7, 11) is 1.59. The number of hydrogen-bond donors (Lipinski definition) is 2. The lowest BCUT2D eigenvalue weighted by atomic mass is 10.1. The van der Waals surface area contributed by atoms with Gasteiger partial charge in [-0.25, -0.2) is 9.79 Å². The van der Waals surface area contributed by atoms with Crippen LogP contribution in [0.1, 0.15) is 19.8 Å². The molecule has 0 spiro atoms. The Labute approximate surface area is 126 Å². The number of aliphatic imine (C=N–C) groups is 1. The third kappa shape index (κ3) is 2.09. The highest BCUT2D eigenvalue weighted by Gasteiger charge is 2.51. The van der Waals surface area contributed by atoms with Crippen LogP contribution in [0.15, 0.2) is 16.9 Å². The molecule has 0 aromatic rings. The quantitative estimate of drug-likeness (QED) is 0.730. The number of nitrogens with zero attached hydrogens (tertiary/aromatic N) is 4. The van der Waals surface area contributed by atoms with Crippen molar-refractivity contribution in [2.45, 2.75) is 32.0 Å². The van der Waals surface area contributed by atoms with Gasteiger partial charge >= 0.3 is 12.0 Å². The molecule has 2 unspecified atom stereocenters. The second-order valence-electron chi connectivity index (χ2n) is 5.52. The van der Waals surface area contributed by atoms with E-state index in [0.29, 0.717) is 18.9 Å². The van der Waals surface area contributed by atoms with E-state index in [-0.39, 0.29) is 12.3 Å². The van der Waals surface area contributed by atoms with Crippen LogP contribution in [0.3, 0.4) is 0 Å². The highest BCUT2D eigenvalue weighted by atomic mass is 16.4. The molecular weight excluding hydrogens is 290 g/mol. The van der Waals surface area contributed by atoms with Crippen molar-refractivity contribution < 1.29 is 19.5 Å². The van der Waals surface area contributed by atoms with Crippen LogP contribution in [0.4, 0.5) is 4.79 Å². The summed E-state index contributed by atoms with van der Waals surface area (Å²) < 4.78 is 0. The van der Waals surface area contributed by atoms with Gasteiger partial charge in [0.05, 0.1) is 0 Å². The van der Waals surface area contributed by atoms with Gasteiger partial charge in [0, 0.05) is 31.9 Å². The monoisotopic (exact) mass is 307 g/mol. The molecule has 0 radical (unpaired) electrons. The molecule has 0 aromatic carbocycles. The third-order valence-corrected chi connectivity index (χ3v) is 4.04. The summed E-state index contributed by atoms with van der Waals surface area (Å²) in [5, 5.41) is 11.0. The highest BCUT2D eigenvalue weighted by molar-refractivity contribution is 6.04. The number of likely N-dealkylation sites (N-methyl/N-ethyl adjacent to an activating group) is 1. The first-order valence-corrected chi connectivity index (χ1v) is 7.01. The number of imide groups is 1. The zero-order valence-corrected chi connectivity index (χ0v) is 12.3. The van der Waals surface area contributed by atoms with Gasteiger partial charge in [-0.2, -0.15) is 0 Å². The number of carboxylic acid groups (broad SMARTS) is 1. The zero-order chi connectivity index (χ0) is 16.0. The molecule has 118 valence electrons. The third-order valence-electron chi connectivity index (χ3n) is 4.04. The summed E-state index contributed by atoms with van der Waals surface area (Å²) in [6, 6.07) is -1.04. The fourth-order valence-corrected chi connectivity index (χ4v) is 2.91. The molecule has 3 amide bonds. The van der Waals surface area contributed by atoms with E-state index in [9.17, 15) is 14.4 Å². The standard InChI is InChI=1S/C13H17N5O4/c1-7-6-18-9-10(16(2)13(22)15-11(9)21)14-12(18)17(7)5-3-4-8(19)20/h6,9-10H,3-5H2,1-2H3,(H,19,20)(H,15,21,22). The van der Waals surface area contributed by atoms with Gasteiger partial charge in [-0.05, 0) is 13.3 Å². The fraction of sp³-hybridized carbons (Fsp3) is 0.538. The molecule has 9 nitrogen and oxygen atoms in total. The number of aliphatic carboxylic acids is 1. The minimum Gasteiger partial charge on any atom is -0.481 e. The number of amides is 3. The van der Waals surface area contributed by atoms with Gasteiger partial charge in [0.15, 0.2) is 12.2 Å². The van der Waals surface area contributed by atoms with E-state index in [0.717, 1.165) is 5.70 Å². The highest BCUT2D eigenvalue weighted by Crippen LogP contribution is 2.31. The van der Waals surface area contributed by atoms with Gasteiger partial charge < -0.3 is 19.8 Å². The van der Waals surface area contributed by atoms with Crippen molar-refractivity contribution in [3.8, 4) is 0 Å². The number of hydrogen-bond acceptors (Lipinski definition) is 6. The molecule has 1 saturated heterocycles. The van der Waals surface area contributed by atoms with Gasteiger partial charge in [0.25, 0.3) is 5.91 Å². The predicted octanol–water partition coefficient (Wildman–Crippen LogP) is -0.424. The molecule has 0 aromatic heterocycles. The molecule has 0 aliphatic carbocycles. The summed E-state index contributed by atoms with van der Waals surface area (Å²) in [6.07, 6.45) is 1.81. The first-order chi connectivity index (χ1) is 10.4. The number of carbonyl (C=O) groups excluding carboxylic acids is 2. The maximum Gasteiger partial charge on any atom is 0.325 e. The first-order valence-electron chi connectivity index (χ1n) is 7.01. The summed E-state index contributed by atoms with van der Waals surface area (Å²) in [5.41, 5.74) is 0.898. The van der Waals surface area contributed by atoms with E-state index in [2.05, 4.69) is 10.3 Å². The molecule has 2 atom stereocenters. The van der Waals surface area contributed by atoms with E-state index in [4.69, 9.17) is 5.11 Å². The van der Waals surface area contributed by atoms with E-state index in [1.807, 2.05) is 18.0 Å². The molecule has 22 heavy (non-hydrogen) atoms. The molecule has 2 N–H and O–H groups in total. The maximum absolute atomic E-state index is 12.1. The van der Waals surface area contributed by atoms with Crippen molar-refractivity contribution in [2.24, 2.45) is 4.99 Å². The van der Waals surface area contributed by atoms with Gasteiger partial charge in [-0.15, -0.1) is 0 Å². The number of carboxylic acids is 1. The second kappa shape index (κ2) is 5.00. The number of carbonyl (C=O) groups is 3. The number of fused-ring (bicyclic) bond motifs is 3. The summed E-state index contributed by atoms with van der Waals surface area (Å²) >= 11 is 0. The fourth-order valence-electron chi connectivity index (χ4n) is 2.91. The van der Waals surface area contributed by atoms with Gasteiger partial charge in [-0.3, -0.25) is 14.9 Å². The van der Waals surface area contributed by atoms with E-state index < -0.39 is 24.2 Å². The number of guanidine groups is 1. The first kappa shape index (κ1) is 14.4. The van der Waals surface area contributed by atoms with Crippen LogP contribution in [-0.2, 0) is 9.59 Å². The Morgan fingerprint density at radius 3 is 2.86 bits per heavy atom. The van der Waals surface area contributed by atoms with Crippen LogP contribution in [0.2, 0.25) is 0 Å². The summed E-state index contributed by atoms with van der Waals surface area (Å²) in [6.45, 7) is 2.38. The Bertz CT molecular complexity index is 614. The molecule has 3 rings (SSSR count). The van der Waals surface area contributed by atoms with Crippen LogP contribution in [0.25, 0.3) is 0 Å². The summed E-state index contributed by atoms with van der Waals surface area (Å²) in [5.74, 6) is -0.623. The average Bonchev–Trinajstić information content (AvgIpc) is 2.93. The van der Waals surface area contributed by atoms with Crippen LogP contribution in [0, 0.1) is 0 Å². The Kier molecular flexibility index (Phi) is 3.27. The molecule has 3 heterocycles.